The van der Waals surface area contributed by atoms with Crippen molar-refractivity contribution in [1.29, 1.82) is 0 Å². The summed E-state index contributed by atoms with van der Waals surface area (Å²) in [5.41, 5.74) is 6.46. The molecule has 0 amide bonds. The number of fused-ring (bicyclic) bond motifs is 3. The average molecular weight is 650 g/mol. The highest BCUT2D eigenvalue weighted by Gasteiger charge is 2.16. The van der Waals surface area contributed by atoms with Gasteiger partial charge in [0.15, 0.2) is 17.5 Å². The van der Waals surface area contributed by atoms with Crippen LogP contribution in [0.5, 0.6) is 0 Å². The van der Waals surface area contributed by atoms with Crippen molar-refractivity contribution in [1.82, 2.24) is 15.0 Å². The second-order valence-corrected chi connectivity index (χ2v) is 12.6. The lowest BCUT2D eigenvalue weighted by Gasteiger charge is -2.12. The lowest BCUT2D eigenvalue weighted by atomic mass is 9.93. The Hall–Kier alpha value is -6.23. The van der Waals surface area contributed by atoms with Crippen LogP contribution in [0.2, 0.25) is 0 Å². The Kier molecular flexibility index (Phi) is 5.87. The van der Waals surface area contributed by atoms with Gasteiger partial charge in [0.1, 0.15) is 0 Å². The number of thiophene rings is 1. The van der Waals surface area contributed by atoms with Gasteiger partial charge in [-0.05, 0) is 57.6 Å². The Morgan fingerprint density at radius 2 is 0.878 bits per heavy atom. The van der Waals surface area contributed by atoms with Crippen molar-refractivity contribution < 1.29 is 8.22 Å². The second kappa shape index (κ2) is 12.4. The maximum atomic E-state index is 9.59. The zero-order valence-corrected chi connectivity index (χ0v) is 26.8. The van der Waals surface area contributed by atoms with Gasteiger partial charge in [-0.3, -0.25) is 0 Å². The first-order chi connectivity index (χ1) is 26.8. The predicted molar refractivity (Wildman–Crippen MR) is 205 cm³/mol. The van der Waals surface area contributed by atoms with E-state index in [9.17, 15) is 5.48 Å². The summed E-state index contributed by atoms with van der Waals surface area (Å²) in [4.78, 5) is 14.3. The zero-order valence-electron chi connectivity index (χ0n) is 32.0. The molecule has 9 rings (SSSR count). The topological polar surface area (TPSA) is 38.7 Å². The van der Waals surface area contributed by atoms with Crippen molar-refractivity contribution in [3.63, 3.8) is 0 Å². The fraction of sp³-hybridized carbons (Fsp3) is 0. The molecule has 0 atom stereocenters. The molecule has 2 aromatic heterocycles. The van der Waals surface area contributed by atoms with Gasteiger partial charge in [-0.25, -0.2) is 15.0 Å². The highest BCUT2D eigenvalue weighted by Crippen LogP contribution is 2.43. The van der Waals surface area contributed by atoms with Crippen LogP contribution in [0.4, 0.5) is 0 Å². The van der Waals surface area contributed by atoms with Crippen molar-refractivity contribution in [3.8, 4) is 67.5 Å². The first kappa shape index (κ1) is 23.2. The Balaban J connectivity index is 1.33. The van der Waals surface area contributed by atoms with Crippen LogP contribution in [-0.4, -0.2) is 15.0 Å². The molecule has 230 valence electrons. The molecule has 0 saturated heterocycles. The van der Waals surface area contributed by atoms with Gasteiger partial charge in [-0.1, -0.05) is 152 Å². The summed E-state index contributed by atoms with van der Waals surface area (Å²) in [6, 6.07) is 43.7. The molecule has 9 aromatic rings. The van der Waals surface area contributed by atoms with Crippen molar-refractivity contribution in [2.24, 2.45) is 0 Å². The molecule has 2 heterocycles. The van der Waals surface area contributed by atoms with E-state index in [4.69, 9.17) is 17.7 Å². The van der Waals surface area contributed by atoms with E-state index < -0.39 is 0 Å². The second-order valence-electron chi connectivity index (χ2n) is 11.6. The van der Waals surface area contributed by atoms with Crippen LogP contribution in [-0.2, 0) is 0 Å². The lowest BCUT2D eigenvalue weighted by molar-refractivity contribution is 1.07. The van der Waals surface area contributed by atoms with Gasteiger partial charge in [0.2, 0.25) is 0 Å². The Labute approximate surface area is 297 Å². The van der Waals surface area contributed by atoms with E-state index in [2.05, 4.69) is 6.07 Å². The molecule has 49 heavy (non-hydrogen) atoms. The zero-order chi connectivity index (χ0) is 37.8. The Bertz CT molecular complexity index is 2810. The quantitative estimate of drug-likeness (QED) is 0.180. The summed E-state index contributed by atoms with van der Waals surface area (Å²) in [7, 11) is 0. The number of rotatable bonds is 6. The van der Waals surface area contributed by atoms with Crippen LogP contribution in [0.15, 0.2) is 176 Å². The number of hydrogen-bond acceptors (Lipinski definition) is 4. The average Bonchev–Trinajstić information content (AvgIpc) is 3.64. The predicted octanol–water partition coefficient (Wildman–Crippen LogP) is 12.2. The maximum absolute atomic E-state index is 9.59. The minimum atomic E-state index is -0.285. The fourth-order valence-corrected chi connectivity index (χ4v) is 7.16. The van der Waals surface area contributed by atoms with Gasteiger partial charge >= 0.3 is 0 Å². The first-order valence-electron chi connectivity index (χ1n) is 18.9. The van der Waals surface area contributed by atoms with Crippen molar-refractivity contribution in [3.05, 3.63) is 176 Å². The van der Waals surface area contributed by atoms with Gasteiger partial charge in [-0.2, -0.15) is 0 Å². The van der Waals surface area contributed by atoms with Gasteiger partial charge in [0.05, 0.1) is 8.22 Å². The van der Waals surface area contributed by atoms with E-state index in [0.29, 0.717) is 32.2 Å². The molecule has 0 aliphatic carbocycles. The molecule has 0 N–H and O–H groups in total. The molecule has 0 unspecified atom stereocenters. The molecule has 0 aliphatic heterocycles. The largest absolute Gasteiger partial charge is 0.208 e. The molecule has 0 fully saturated rings. The molecule has 4 heteroatoms. The van der Waals surface area contributed by atoms with E-state index in [1.807, 2.05) is 133 Å². The first-order valence-corrected chi connectivity index (χ1v) is 16.7. The molecule has 3 nitrogen and oxygen atoms in total. The summed E-state index contributed by atoms with van der Waals surface area (Å²) < 4.78 is 56.5. The molecule has 0 radical (unpaired) electrons. The summed E-state index contributed by atoms with van der Waals surface area (Å²) >= 11 is 1.20. The number of hydrogen-bond donors (Lipinski definition) is 0. The smallest absolute Gasteiger partial charge is 0.164 e. The molecule has 7 aromatic carbocycles. The van der Waals surface area contributed by atoms with Crippen LogP contribution >= 0.6 is 11.3 Å². The van der Waals surface area contributed by atoms with Crippen molar-refractivity contribution in [2.45, 2.75) is 0 Å². The molecule has 0 spiro atoms. The number of benzene rings is 7. The van der Waals surface area contributed by atoms with E-state index in [1.165, 1.54) is 11.3 Å². The minimum Gasteiger partial charge on any atom is -0.208 e. The fourth-order valence-electron chi connectivity index (χ4n) is 6.02. The van der Waals surface area contributed by atoms with Crippen LogP contribution in [0.25, 0.3) is 87.7 Å². The van der Waals surface area contributed by atoms with Gasteiger partial charge in [0, 0.05) is 36.9 Å². The van der Waals surface area contributed by atoms with Gasteiger partial charge < -0.3 is 0 Å². The molecule has 0 bridgehead atoms. The normalized spacial score (nSPS) is 13.0. The Morgan fingerprint density at radius 1 is 0.408 bits per heavy atom. The highest BCUT2D eigenvalue weighted by molar-refractivity contribution is 7.26. The SMILES string of the molecule is [2H]c1c([2H])c([2H])c2c(sc3c([2H])c(-c4nc(-c5ccccc5)nc(-c5ccccc5)n4)c([2H])c([2H])c32)c1-c1cc(-c2ccccc2)cc(-c2ccccc2)c1. The monoisotopic (exact) mass is 649 g/mol. The van der Waals surface area contributed by atoms with Crippen molar-refractivity contribution >= 4 is 31.5 Å². The van der Waals surface area contributed by atoms with Crippen LogP contribution < -0.4 is 0 Å². The molecule has 0 aliphatic rings. The molecule has 0 saturated carbocycles. The van der Waals surface area contributed by atoms with Gasteiger partial charge in [-0.15, -0.1) is 11.3 Å². The maximum Gasteiger partial charge on any atom is 0.164 e. The third kappa shape index (κ3) is 5.58. The summed E-state index contributed by atoms with van der Waals surface area (Å²) in [5.74, 6) is 0.826. The van der Waals surface area contributed by atoms with E-state index in [0.717, 1.165) is 33.4 Å². The highest BCUT2D eigenvalue weighted by atomic mass is 32.1. The molecular weight excluding hydrogens is 615 g/mol. The Morgan fingerprint density at radius 3 is 1.41 bits per heavy atom. The van der Waals surface area contributed by atoms with Crippen LogP contribution in [0, 0.1) is 0 Å². The van der Waals surface area contributed by atoms with E-state index in [1.54, 1.807) is 0 Å². The van der Waals surface area contributed by atoms with Gasteiger partial charge in [0.25, 0.3) is 0 Å². The van der Waals surface area contributed by atoms with Crippen molar-refractivity contribution in [2.75, 3.05) is 0 Å². The van der Waals surface area contributed by atoms with E-state index >= 15 is 0 Å². The standard InChI is InChI=1S/C45H29N3S/c1-5-14-30(15-6-1)35-26-36(31-16-7-2-8-17-31)28-37(27-35)38-22-13-23-40-39-25-24-34(29-41(39)49-42(38)40)45-47-43(32-18-9-3-10-19-32)46-44(48-45)33-20-11-4-12-21-33/h1-29H/i13D,22D,23D,24D,25D,29D. The third-order valence-corrected chi connectivity index (χ3v) is 9.54. The third-order valence-electron chi connectivity index (χ3n) is 8.42. The summed E-state index contributed by atoms with van der Waals surface area (Å²) in [6.45, 7) is 0. The summed E-state index contributed by atoms with van der Waals surface area (Å²) in [6.07, 6.45) is 0. The van der Waals surface area contributed by atoms with Crippen LogP contribution in [0.3, 0.4) is 0 Å². The summed E-state index contributed by atoms with van der Waals surface area (Å²) in [5, 5.41) is 0.521. The molecular formula is C45H29N3S. The number of aromatic nitrogens is 3. The minimum absolute atomic E-state index is 0.0622. The lowest BCUT2D eigenvalue weighted by Crippen LogP contribution is -1.99. The van der Waals surface area contributed by atoms with E-state index in [-0.39, 0.29) is 58.4 Å². The van der Waals surface area contributed by atoms with Crippen LogP contribution in [0.1, 0.15) is 8.22 Å². The number of nitrogens with zero attached hydrogens (tertiary/aromatic N) is 3.